The minimum atomic E-state index is -1.23. The van der Waals surface area contributed by atoms with Gasteiger partial charge in [-0.05, 0) is 31.9 Å². The number of esters is 4. The van der Waals surface area contributed by atoms with E-state index in [0.717, 1.165) is 22.4 Å². The quantitative estimate of drug-likeness (QED) is 0.308. The molecule has 5 atom stereocenters. The predicted molar refractivity (Wildman–Crippen MR) is 127 cm³/mol. The van der Waals surface area contributed by atoms with E-state index in [4.69, 9.17) is 23.7 Å². The van der Waals surface area contributed by atoms with Crippen molar-refractivity contribution < 1.29 is 47.4 Å². The zero-order valence-electron chi connectivity index (χ0n) is 22.0. The van der Waals surface area contributed by atoms with E-state index in [2.05, 4.69) is 12.1 Å². The molecule has 3 rings (SSSR count). The van der Waals surface area contributed by atoms with Gasteiger partial charge in [0.1, 0.15) is 30.8 Å². The monoisotopic (exact) mass is 517 g/mol. The van der Waals surface area contributed by atoms with Crippen molar-refractivity contribution in [3.8, 4) is 5.69 Å². The van der Waals surface area contributed by atoms with Gasteiger partial charge in [0, 0.05) is 27.7 Å². The highest BCUT2D eigenvalue weighted by atomic mass is 16.7. The Kier molecular flexibility index (Phi) is 8.69. The number of aryl methyl sites for hydroxylation is 3. The normalized spacial score (nSPS) is 23.2. The van der Waals surface area contributed by atoms with Gasteiger partial charge >= 0.3 is 23.9 Å². The second-order valence-electron chi connectivity index (χ2n) is 9.11. The fraction of sp³-hybridized carbons (Fsp3) is 0.500. The molecule has 1 saturated heterocycles. The summed E-state index contributed by atoms with van der Waals surface area (Å²) < 4.78 is 31.4. The maximum absolute atomic E-state index is 12.1. The van der Waals surface area contributed by atoms with E-state index < -0.39 is 54.5 Å². The van der Waals surface area contributed by atoms with E-state index in [-0.39, 0.29) is 6.61 Å². The van der Waals surface area contributed by atoms with Crippen molar-refractivity contribution in [1.29, 1.82) is 0 Å². The van der Waals surface area contributed by atoms with Crippen LogP contribution in [0.1, 0.15) is 50.6 Å². The number of carbonyl (C=O) groups excluding carboxylic acids is 4. The molecule has 200 valence electrons. The number of benzene rings is 1. The van der Waals surface area contributed by atoms with Gasteiger partial charge in [0.2, 0.25) is 12.3 Å². The largest absolute Gasteiger partial charge is 0.463 e. The third kappa shape index (κ3) is 6.73. The summed E-state index contributed by atoms with van der Waals surface area (Å²) in [6.45, 7) is 10.6. The van der Waals surface area contributed by atoms with E-state index in [9.17, 15) is 19.2 Å². The Morgan fingerprint density at radius 2 is 1.38 bits per heavy atom. The number of rotatable bonds is 7. The molecule has 1 aromatic heterocycles. The average molecular weight is 518 g/mol. The summed E-state index contributed by atoms with van der Waals surface area (Å²) in [4.78, 5) is 47.6. The molecule has 0 bridgehead atoms. The fourth-order valence-corrected chi connectivity index (χ4v) is 4.68. The van der Waals surface area contributed by atoms with Crippen molar-refractivity contribution in [2.24, 2.45) is 0 Å². The Hall–Kier alpha value is -3.73. The van der Waals surface area contributed by atoms with Gasteiger partial charge in [-0.2, -0.15) is 0 Å². The van der Waals surface area contributed by atoms with E-state index >= 15 is 0 Å². The average Bonchev–Trinajstić information content (AvgIpc) is 3.22. The zero-order valence-corrected chi connectivity index (χ0v) is 22.0. The van der Waals surface area contributed by atoms with Crippen molar-refractivity contribution in [3.63, 3.8) is 0 Å². The molecule has 0 unspecified atom stereocenters. The van der Waals surface area contributed by atoms with E-state index in [1.807, 2.05) is 31.5 Å². The minimum absolute atomic E-state index is 0.286. The van der Waals surface area contributed by atoms with Gasteiger partial charge in [-0.25, -0.2) is 9.13 Å². The molecule has 11 nitrogen and oxygen atoms in total. The van der Waals surface area contributed by atoms with Gasteiger partial charge in [0.25, 0.3) is 6.33 Å². The van der Waals surface area contributed by atoms with Crippen LogP contribution in [-0.4, -0.2) is 59.5 Å². The predicted octanol–water partition coefficient (Wildman–Crippen LogP) is 1.95. The molecule has 2 aromatic rings. The number of imidazole rings is 1. The summed E-state index contributed by atoms with van der Waals surface area (Å²) in [5.41, 5.74) is 4.22. The standard InChI is InChI=1S/C26H33N2O9/c1-14-10-15(2)22(16(3)11-14)27-8-9-28(13-27)26-25(36-20(7)32)24(35-19(6)31)23(34-18(5)30)21(37-26)12-33-17(4)29/h8-11,13,21,23-26H,12H2,1-7H3/q+1/t21-,23-,24+,25-,26-/m1/s1. The van der Waals surface area contributed by atoms with Crippen molar-refractivity contribution in [2.45, 2.75) is 79.1 Å². The summed E-state index contributed by atoms with van der Waals surface area (Å²) >= 11 is 0. The third-order valence-electron chi connectivity index (χ3n) is 5.81. The first-order chi connectivity index (χ1) is 17.4. The second kappa shape index (κ2) is 11.5. The van der Waals surface area contributed by atoms with Gasteiger partial charge in [0.15, 0.2) is 12.2 Å². The molecule has 1 aliphatic rings. The molecule has 11 heteroatoms. The van der Waals surface area contributed by atoms with Gasteiger partial charge < -0.3 is 23.7 Å². The highest BCUT2D eigenvalue weighted by molar-refractivity contribution is 5.68. The molecule has 2 heterocycles. The molecule has 1 aliphatic heterocycles. The lowest BCUT2D eigenvalue weighted by atomic mass is 9.97. The molecular formula is C26H33N2O9+. The van der Waals surface area contributed by atoms with Crippen LogP contribution in [0.2, 0.25) is 0 Å². The summed E-state index contributed by atoms with van der Waals surface area (Å²) in [6, 6.07) is 4.14. The molecule has 0 N–H and O–H groups in total. The Morgan fingerprint density at radius 3 is 1.92 bits per heavy atom. The minimum Gasteiger partial charge on any atom is -0.463 e. The smallest absolute Gasteiger partial charge is 0.303 e. The molecule has 0 radical (unpaired) electrons. The zero-order chi connectivity index (χ0) is 27.4. The number of nitrogens with zero attached hydrogens (tertiary/aromatic N) is 2. The Balaban J connectivity index is 2.09. The molecule has 0 aliphatic carbocycles. The molecule has 1 fully saturated rings. The van der Waals surface area contributed by atoms with Crippen LogP contribution in [0.3, 0.4) is 0 Å². The van der Waals surface area contributed by atoms with Crippen LogP contribution in [0.15, 0.2) is 30.9 Å². The number of hydrogen-bond donors (Lipinski definition) is 0. The molecule has 0 spiro atoms. The van der Waals surface area contributed by atoms with Crippen molar-refractivity contribution >= 4 is 23.9 Å². The molecular weight excluding hydrogens is 484 g/mol. The van der Waals surface area contributed by atoms with Crippen LogP contribution in [0.4, 0.5) is 0 Å². The SMILES string of the molecule is CC(=O)OC[C@H]1O[C@@H]([n+]2ccn(-c3c(C)cc(C)cc3C)c2)[C@H](OC(C)=O)[C@@H](OC(C)=O)[C@@H]1OC(C)=O. The summed E-state index contributed by atoms with van der Waals surface area (Å²) in [6.07, 6.45) is -0.348. The molecule has 0 amide bonds. The lowest BCUT2D eigenvalue weighted by Crippen LogP contribution is -2.65. The van der Waals surface area contributed by atoms with Gasteiger partial charge in [0.05, 0.1) is 0 Å². The Morgan fingerprint density at radius 1 is 0.838 bits per heavy atom. The van der Waals surface area contributed by atoms with Crippen molar-refractivity contribution in [3.05, 3.63) is 47.5 Å². The number of ether oxygens (including phenoxy) is 5. The lowest BCUT2D eigenvalue weighted by molar-refractivity contribution is -0.777. The second-order valence-corrected chi connectivity index (χ2v) is 9.11. The van der Waals surface area contributed by atoms with E-state index in [1.54, 1.807) is 17.1 Å². The highest BCUT2D eigenvalue weighted by Gasteiger charge is 2.54. The molecule has 0 saturated carbocycles. The highest BCUT2D eigenvalue weighted by Crippen LogP contribution is 2.32. The fourth-order valence-electron chi connectivity index (χ4n) is 4.68. The first-order valence-corrected chi connectivity index (χ1v) is 11.8. The van der Waals surface area contributed by atoms with Crippen LogP contribution in [0.25, 0.3) is 5.69 Å². The van der Waals surface area contributed by atoms with Crippen LogP contribution >= 0.6 is 0 Å². The Labute approximate surface area is 215 Å². The first kappa shape index (κ1) is 27.9. The number of aromatic nitrogens is 2. The number of hydrogen-bond acceptors (Lipinski definition) is 9. The van der Waals surface area contributed by atoms with Crippen LogP contribution in [-0.2, 0) is 42.9 Å². The lowest BCUT2D eigenvalue weighted by Gasteiger charge is -2.42. The maximum atomic E-state index is 12.1. The van der Waals surface area contributed by atoms with Crippen LogP contribution in [0, 0.1) is 20.8 Å². The van der Waals surface area contributed by atoms with Crippen molar-refractivity contribution in [2.75, 3.05) is 6.61 Å². The Bertz CT molecular complexity index is 1170. The summed E-state index contributed by atoms with van der Waals surface area (Å²) in [5.74, 6) is -2.58. The van der Waals surface area contributed by atoms with Gasteiger partial charge in [-0.15, -0.1) is 0 Å². The van der Waals surface area contributed by atoms with Gasteiger partial charge in [-0.3, -0.25) is 19.2 Å². The first-order valence-electron chi connectivity index (χ1n) is 11.8. The number of carbonyl (C=O) groups is 4. The summed E-state index contributed by atoms with van der Waals surface area (Å²) in [7, 11) is 0. The topological polar surface area (TPSA) is 123 Å². The molecule has 1 aromatic carbocycles. The van der Waals surface area contributed by atoms with E-state index in [1.165, 1.54) is 27.7 Å². The maximum Gasteiger partial charge on any atom is 0.303 e. The van der Waals surface area contributed by atoms with E-state index in [0.29, 0.717) is 0 Å². The third-order valence-corrected chi connectivity index (χ3v) is 5.81. The van der Waals surface area contributed by atoms with Crippen LogP contribution in [0.5, 0.6) is 0 Å². The van der Waals surface area contributed by atoms with Gasteiger partial charge in [-0.1, -0.05) is 17.7 Å². The summed E-state index contributed by atoms with van der Waals surface area (Å²) in [5, 5.41) is 0. The molecule has 37 heavy (non-hydrogen) atoms. The van der Waals surface area contributed by atoms with Crippen LogP contribution < -0.4 is 4.57 Å². The van der Waals surface area contributed by atoms with Crippen molar-refractivity contribution in [1.82, 2.24) is 4.57 Å².